The van der Waals surface area contributed by atoms with Crippen molar-refractivity contribution in [2.24, 2.45) is 11.8 Å². The minimum absolute atomic E-state index is 0.0942. The first-order valence-electron chi connectivity index (χ1n) is 5.68. The summed E-state index contributed by atoms with van der Waals surface area (Å²) in [6.07, 6.45) is 0. The minimum Gasteiger partial charge on any atom is -0.337 e. The van der Waals surface area contributed by atoms with E-state index in [4.69, 9.17) is 5.84 Å². The van der Waals surface area contributed by atoms with Crippen molar-refractivity contribution in [2.45, 2.75) is 26.8 Å². The molecule has 0 aliphatic carbocycles. The van der Waals surface area contributed by atoms with E-state index in [1.54, 1.807) is 30.1 Å². The first-order valence-corrected chi connectivity index (χ1v) is 5.68. The van der Waals surface area contributed by atoms with Crippen LogP contribution in [0, 0.1) is 5.92 Å². The maximum absolute atomic E-state index is 12.2. The van der Waals surface area contributed by atoms with Crippen LogP contribution >= 0.6 is 0 Å². The lowest BCUT2D eigenvalue weighted by molar-refractivity contribution is 0.0701. The van der Waals surface area contributed by atoms with Gasteiger partial charge in [0.15, 0.2) is 0 Å². The average molecular weight is 236 g/mol. The van der Waals surface area contributed by atoms with E-state index in [1.807, 2.05) is 6.92 Å². The molecule has 3 N–H and O–H groups in total. The van der Waals surface area contributed by atoms with E-state index in [0.717, 1.165) is 0 Å². The van der Waals surface area contributed by atoms with Crippen LogP contribution < -0.4 is 11.3 Å². The summed E-state index contributed by atoms with van der Waals surface area (Å²) >= 11 is 0. The van der Waals surface area contributed by atoms with Gasteiger partial charge in [-0.15, -0.1) is 0 Å². The fourth-order valence-electron chi connectivity index (χ4n) is 1.45. The number of nitrogens with two attached hydrogens (primary N) is 1. The van der Waals surface area contributed by atoms with Gasteiger partial charge in [0, 0.05) is 13.1 Å². The Bertz CT molecular complexity index is 392. The Kier molecular flexibility index (Phi) is 4.45. The summed E-state index contributed by atoms with van der Waals surface area (Å²) in [5.74, 6) is 6.06. The van der Waals surface area contributed by atoms with Crippen molar-refractivity contribution in [1.29, 1.82) is 0 Å². The van der Waals surface area contributed by atoms with Crippen LogP contribution in [0.1, 0.15) is 31.3 Å². The number of aromatic nitrogens is 1. The molecule has 1 rings (SSSR count). The first-order chi connectivity index (χ1) is 7.97. The Morgan fingerprint density at radius 2 is 2.06 bits per heavy atom. The maximum Gasteiger partial charge on any atom is 0.272 e. The van der Waals surface area contributed by atoms with Crippen LogP contribution in [0.15, 0.2) is 18.2 Å². The molecule has 1 atom stereocenters. The quantitative estimate of drug-likeness (QED) is 0.613. The molecule has 94 valence electrons. The Morgan fingerprint density at radius 3 is 2.59 bits per heavy atom. The lowest BCUT2D eigenvalue weighted by Crippen LogP contribution is -2.38. The molecular formula is C12H20N4O. The van der Waals surface area contributed by atoms with Crippen molar-refractivity contribution in [2.75, 3.05) is 12.5 Å². The van der Waals surface area contributed by atoms with E-state index in [9.17, 15) is 4.79 Å². The van der Waals surface area contributed by atoms with Crippen molar-refractivity contribution < 1.29 is 4.79 Å². The fourth-order valence-corrected chi connectivity index (χ4v) is 1.45. The monoisotopic (exact) mass is 236 g/mol. The number of nitrogens with zero attached hydrogens (tertiary/aromatic N) is 2. The van der Waals surface area contributed by atoms with Crippen LogP contribution in [0.2, 0.25) is 0 Å². The second-order valence-electron chi connectivity index (χ2n) is 4.45. The third kappa shape index (κ3) is 3.17. The van der Waals surface area contributed by atoms with Crippen molar-refractivity contribution in [3.63, 3.8) is 0 Å². The maximum atomic E-state index is 12.2. The molecule has 0 aliphatic heterocycles. The molecule has 5 heteroatoms. The zero-order valence-corrected chi connectivity index (χ0v) is 10.8. The van der Waals surface area contributed by atoms with Crippen molar-refractivity contribution >= 4 is 11.7 Å². The molecule has 1 heterocycles. The van der Waals surface area contributed by atoms with Crippen LogP contribution in [0.4, 0.5) is 5.82 Å². The average Bonchev–Trinajstić information content (AvgIpc) is 2.36. The Hall–Kier alpha value is -1.62. The van der Waals surface area contributed by atoms with Gasteiger partial charge in [-0.3, -0.25) is 4.79 Å². The van der Waals surface area contributed by atoms with Gasteiger partial charge in [-0.1, -0.05) is 19.9 Å². The number of anilines is 1. The molecule has 0 aliphatic rings. The Morgan fingerprint density at radius 1 is 1.41 bits per heavy atom. The van der Waals surface area contributed by atoms with Gasteiger partial charge in [0.05, 0.1) is 0 Å². The SMILES string of the molecule is CC(C)C(C)N(C)C(=O)c1cccc(NN)n1. The zero-order chi connectivity index (χ0) is 13.0. The highest BCUT2D eigenvalue weighted by molar-refractivity contribution is 5.92. The van der Waals surface area contributed by atoms with E-state index >= 15 is 0 Å². The molecule has 1 aromatic rings. The number of nitrogens with one attached hydrogen (secondary N) is 1. The molecule has 0 aromatic carbocycles. The second kappa shape index (κ2) is 5.63. The van der Waals surface area contributed by atoms with Gasteiger partial charge < -0.3 is 10.3 Å². The van der Waals surface area contributed by atoms with Gasteiger partial charge in [0.25, 0.3) is 5.91 Å². The van der Waals surface area contributed by atoms with Gasteiger partial charge in [0.2, 0.25) is 0 Å². The molecule has 0 saturated carbocycles. The van der Waals surface area contributed by atoms with E-state index in [2.05, 4.69) is 24.3 Å². The van der Waals surface area contributed by atoms with E-state index in [1.165, 1.54) is 0 Å². The van der Waals surface area contributed by atoms with Gasteiger partial charge in [0.1, 0.15) is 11.5 Å². The minimum atomic E-state index is -0.0942. The normalized spacial score (nSPS) is 12.4. The summed E-state index contributed by atoms with van der Waals surface area (Å²) in [6, 6.07) is 5.32. The molecule has 0 spiro atoms. The number of amides is 1. The Balaban J connectivity index is 2.88. The van der Waals surface area contributed by atoms with Crippen molar-refractivity contribution in [3.05, 3.63) is 23.9 Å². The van der Waals surface area contributed by atoms with Gasteiger partial charge in [-0.05, 0) is 25.0 Å². The van der Waals surface area contributed by atoms with Crippen LogP contribution in [0.3, 0.4) is 0 Å². The number of nitrogen functional groups attached to an aromatic ring is 1. The molecule has 0 radical (unpaired) electrons. The number of hydrazine groups is 1. The van der Waals surface area contributed by atoms with Crippen LogP contribution in [-0.4, -0.2) is 28.9 Å². The molecule has 5 nitrogen and oxygen atoms in total. The molecule has 0 fully saturated rings. The number of rotatable bonds is 4. The molecular weight excluding hydrogens is 216 g/mol. The summed E-state index contributed by atoms with van der Waals surface area (Å²) in [6.45, 7) is 6.19. The number of carbonyl (C=O) groups excluding carboxylic acids is 1. The van der Waals surface area contributed by atoms with E-state index in [-0.39, 0.29) is 11.9 Å². The van der Waals surface area contributed by atoms with E-state index < -0.39 is 0 Å². The second-order valence-corrected chi connectivity index (χ2v) is 4.45. The molecule has 1 amide bonds. The largest absolute Gasteiger partial charge is 0.337 e. The molecule has 0 bridgehead atoms. The lowest BCUT2D eigenvalue weighted by atomic mass is 10.0. The molecule has 17 heavy (non-hydrogen) atoms. The molecule has 0 saturated heterocycles. The predicted octanol–water partition coefficient (Wildman–Crippen LogP) is 1.48. The summed E-state index contributed by atoms with van der Waals surface area (Å²) in [5, 5.41) is 0. The smallest absolute Gasteiger partial charge is 0.272 e. The van der Waals surface area contributed by atoms with Crippen LogP contribution in [-0.2, 0) is 0 Å². The first kappa shape index (κ1) is 13.4. The van der Waals surface area contributed by atoms with Gasteiger partial charge >= 0.3 is 0 Å². The third-order valence-electron chi connectivity index (χ3n) is 3.01. The van der Waals surface area contributed by atoms with Crippen molar-refractivity contribution in [3.8, 4) is 0 Å². The van der Waals surface area contributed by atoms with Crippen molar-refractivity contribution in [1.82, 2.24) is 9.88 Å². The predicted molar refractivity (Wildman–Crippen MR) is 68.4 cm³/mol. The summed E-state index contributed by atoms with van der Waals surface area (Å²) in [7, 11) is 1.79. The molecule has 1 unspecified atom stereocenters. The number of hydrogen-bond acceptors (Lipinski definition) is 4. The van der Waals surface area contributed by atoms with E-state index in [0.29, 0.717) is 17.4 Å². The fraction of sp³-hybridized carbons (Fsp3) is 0.500. The number of carbonyl (C=O) groups is 1. The topological polar surface area (TPSA) is 71.2 Å². The molecule has 1 aromatic heterocycles. The summed E-state index contributed by atoms with van der Waals surface area (Å²) in [5.41, 5.74) is 2.83. The van der Waals surface area contributed by atoms with Gasteiger partial charge in [-0.25, -0.2) is 10.8 Å². The Labute approximate surface area is 102 Å². The highest BCUT2D eigenvalue weighted by Crippen LogP contribution is 2.12. The highest BCUT2D eigenvalue weighted by atomic mass is 16.2. The van der Waals surface area contributed by atoms with Crippen LogP contribution in [0.25, 0.3) is 0 Å². The number of hydrogen-bond donors (Lipinski definition) is 2. The highest BCUT2D eigenvalue weighted by Gasteiger charge is 2.20. The van der Waals surface area contributed by atoms with Crippen LogP contribution in [0.5, 0.6) is 0 Å². The zero-order valence-electron chi connectivity index (χ0n) is 10.8. The summed E-state index contributed by atoms with van der Waals surface area (Å²) in [4.78, 5) is 18.0. The lowest BCUT2D eigenvalue weighted by Gasteiger charge is -2.27. The standard InChI is InChI=1S/C12H20N4O/c1-8(2)9(3)16(4)12(17)10-6-5-7-11(14-10)15-13/h5-9H,13H2,1-4H3,(H,14,15). The van der Waals surface area contributed by atoms with Gasteiger partial charge in [-0.2, -0.15) is 0 Å². The third-order valence-corrected chi connectivity index (χ3v) is 3.01. The summed E-state index contributed by atoms with van der Waals surface area (Å²) < 4.78 is 0. The number of pyridine rings is 1.